The smallest absolute Gasteiger partial charge is 0.315 e. The third-order valence-electron chi connectivity index (χ3n) is 1.95. The highest BCUT2D eigenvalue weighted by Crippen LogP contribution is 2.01. The van der Waals surface area contributed by atoms with Gasteiger partial charge >= 0.3 is 6.03 Å². The highest BCUT2D eigenvalue weighted by atomic mass is 16.2. The summed E-state index contributed by atoms with van der Waals surface area (Å²) in [5, 5.41) is 5.51. The number of urea groups is 1. The van der Waals surface area contributed by atoms with Crippen LogP contribution in [-0.2, 0) is 6.54 Å². The summed E-state index contributed by atoms with van der Waals surface area (Å²) in [6.45, 7) is 6.28. The van der Waals surface area contributed by atoms with E-state index in [1.165, 1.54) is 0 Å². The Morgan fingerprint density at radius 2 is 2.27 bits per heavy atom. The number of carbonyl (C=O) groups is 1. The van der Waals surface area contributed by atoms with Crippen LogP contribution in [0.1, 0.15) is 25.1 Å². The van der Waals surface area contributed by atoms with Gasteiger partial charge in [0.05, 0.1) is 12.2 Å². The van der Waals surface area contributed by atoms with Crippen LogP contribution < -0.4 is 10.6 Å². The molecule has 0 aromatic carbocycles. The summed E-state index contributed by atoms with van der Waals surface area (Å²) in [5.41, 5.74) is 1.98. The van der Waals surface area contributed by atoms with Crippen molar-refractivity contribution in [3.05, 3.63) is 29.6 Å². The van der Waals surface area contributed by atoms with Gasteiger partial charge < -0.3 is 10.6 Å². The molecule has 1 rings (SSSR count). The Kier molecular flexibility index (Phi) is 4.09. The first kappa shape index (κ1) is 11.5. The minimum atomic E-state index is -0.157. The number of amides is 2. The molecule has 2 N–H and O–H groups in total. The third-order valence-corrected chi connectivity index (χ3v) is 1.95. The first-order valence-corrected chi connectivity index (χ1v) is 5.04. The SMILES string of the molecule is Cc1cccnc1CNC(=O)NC(C)C. The number of aromatic nitrogens is 1. The van der Waals surface area contributed by atoms with Crippen molar-refractivity contribution < 1.29 is 4.79 Å². The zero-order valence-electron chi connectivity index (χ0n) is 9.37. The Labute approximate surface area is 90.1 Å². The highest BCUT2D eigenvalue weighted by molar-refractivity contribution is 5.74. The average molecular weight is 207 g/mol. The van der Waals surface area contributed by atoms with Crippen molar-refractivity contribution in [2.45, 2.75) is 33.4 Å². The van der Waals surface area contributed by atoms with Gasteiger partial charge in [-0.25, -0.2) is 4.79 Å². The van der Waals surface area contributed by atoms with E-state index in [2.05, 4.69) is 15.6 Å². The molecule has 0 atom stereocenters. The van der Waals surface area contributed by atoms with Gasteiger partial charge in [0.15, 0.2) is 0 Å². The van der Waals surface area contributed by atoms with Crippen LogP contribution in [0.2, 0.25) is 0 Å². The predicted molar refractivity (Wildman–Crippen MR) is 59.5 cm³/mol. The Balaban J connectivity index is 2.44. The molecule has 1 aromatic rings. The molecule has 1 aromatic heterocycles. The Morgan fingerprint density at radius 3 is 2.87 bits per heavy atom. The van der Waals surface area contributed by atoms with Crippen LogP contribution in [-0.4, -0.2) is 17.1 Å². The van der Waals surface area contributed by atoms with Gasteiger partial charge in [-0.3, -0.25) is 4.98 Å². The average Bonchev–Trinajstić information content (AvgIpc) is 2.15. The topological polar surface area (TPSA) is 54.0 Å². The van der Waals surface area contributed by atoms with Crippen LogP contribution in [0.3, 0.4) is 0 Å². The molecule has 2 amide bonds. The Hall–Kier alpha value is -1.58. The van der Waals surface area contributed by atoms with Crippen LogP contribution in [0, 0.1) is 6.92 Å². The lowest BCUT2D eigenvalue weighted by Crippen LogP contribution is -2.39. The summed E-state index contributed by atoms with van der Waals surface area (Å²) in [4.78, 5) is 15.5. The van der Waals surface area contributed by atoms with Crippen molar-refractivity contribution in [2.75, 3.05) is 0 Å². The minimum absolute atomic E-state index is 0.148. The molecule has 0 saturated carbocycles. The molecule has 82 valence electrons. The molecular formula is C11H17N3O. The van der Waals surface area contributed by atoms with E-state index in [0.717, 1.165) is 11.3 Å². The molecule has 0 spiro atoms. The fraction of sp³-hybridized carbons (Fsp3) is 0.455. The first-order valence-electron chi connectivity index (χ1n) is 5.04. The second-order valence-electron chi connectivity index (χ2n) is 3.75. The van der Waals surface area contributed by atoms with Crippen molar-refractivity contribution >= 4 is 6.03 Å². The van der Waals surface area contributed by atoms with E-state index in [1.807, 2.05) is 32.9 Å². The number of hydrogen-bond acceptors (Lipinski definition) is 2. The van der Waals surface area contributed by atoms with Gasteiger partial charge in [-0.2, -0.15) is 0 Å². The molecule has 0 aliphatic carbocycles. The van der Waals surface area contributed by atoms with Crippen molar-refractivity contribution in [1.29, 1.82) is 0 Å². The van der Waals surface area contributed by atoms with E-state index >= 15 is 0 Å². The fourth-order valence-corrected chi connectivity index (χ4v) is 1.18. The Morgan fingerprint density at radius 1 is 1.53 bits per heavy atom. The lowest BCUT2D eigenvalue weighted by Gasteiger charge is -2.10. The van der Waals surface area contributed by atoms with Crippen LogP contribution in [0.15, 0.2) is 18.3 Å². The molecule has 0 bridgehead atoms. The molecule has 1 heterocycles. The maximum Gasteiger partial charge on any atom is 0.315 e. The number of aryl methyl sites for hydroxylation is 1. The van der Waals surface area contributed by atoms with E-state index in [-0.39, 0.29) is 12.1 Å². The van der Waals surface area contributed by atoms with Crippen molar-refractivity contribution in [3.8, 4) is 0 Å². The third kappa shape index (κ3) is 3.97. The summed E-state index contributed by atoms with van der Waals surface area (Å²) < 4.78 is 0. The summed E-state index contributed by atoms with van der Waals surface area (Å²) in [6, 6.07) is 3.85. The molecule has 0 saturated heterocycles. The molecule has 4 heteroatoms. The highest BCUT2D eigenvalue weighted by Gasteiger charge is 2.03. The van der Waals surface area contributed by atoms with E-state index < -0.39 is 0 Å². The normalized spacial score (nSPS) is 10.1. The monoisotopic (exact) mass is 207 g/mol. The first-order chi connectivity index (χ1) is 7.09. The maximum absolute atomic E-state index is 11.3. The van der Waals surface area contributed by atoms with Gasteiger partial charge in [-0.05, 0) is 32.4 Å². The summed E-state index contributed by atoms with van der Waals surface area (Å²) in [6.07, 6.45) is 1.73. The van der Waals surface area contributed by atoms with E-state index in [4.69, 9.17) is 0 Å². The molecule has 4 nitrogen and oxygen atoms in total. The van der Waals surface area contributed by atoms with Gasteiger partial charge in [-0.1, -0.05) is 6.07 Å². The molecule has 0 fully saturated rings. The second kappa shape index (κ2) is 5.34. The van der Waals surface area contributed by atoms with Crippen LogP contribution >= 0.6 is 0 Å². The molecule has 0 unspecified atom stereocenters. The molecule has 0 aliphatic rings. The van der Waals surface area contributed by atoms with E-state index in [1.54, 1.807) is 6.20 Å². The van der Waals surface area contributed by atoms with Gasteiger partial charge in [0.25, 0.3) is 0 Å². The van der Waals surface area contributed by atoms with Crippen molar-refractivity contribution in [3.63, 3.8) is 0 Å². The number of nitrogens with one attached hydrogen (secondary N) is 2. The molecule has 0 radical (unpaired) electrons. The lowest BCUT2D eigenvalue weighted by atomic mass is 10.2. The van der Waals surface area contributed by atoms with Crippen LogP contribution in [0.5, 0.6) is 0 Å². The van der Waals surface area contributed by atoms with Crippen LogP contribution in [0.25, 0.3) is 0 Å². The van der Waals surface area contributed by atoms with Gasteiger partial charge in [0.2, 0.25) is 0 Å². The van der Waals surface area contributed by atoms with Crippen LogP contribution in [0.4, 0.5) is 4.79 Å². The summed E-state index contributed by atoms with van der Waals surface area (Å²) in [7, 11) is 0. The quantitative estimate of drug-likeness (QED) is 0.791. The Bertz CT molecular complexity index is 336. The summed E-state index contributed by atoms with van der Waals surface area (Å²) in [5.74, 6) is 0. The number of carbonyl (C=O) groups excluding carboxylic acids is 1. The van der Waals surface area contributed by atoms with Gasteiger partial charge in [0, 0.05) is 12.2 Å². The minimum Gasteiger partial charge on any atom is -0.336 e. The number of pyridine rings is 1. The van der Waals surface area contributed by atoms with Crippen molar-refractivity contribution in [2.24, 2.45) is 0 Å². The molecule has 15 heavy (non-hydrogen) atoms. The predicted octanol–water partition coefficient (Wildman–Crippen LogP) is 1.60. The summed E-state index contributed by atoms with van der Waals surface area (Å²) >= 11 is 0. The van der Waals surface area contributed by atoms with E-state index in [0.29, 0.717) is 6.54 Å². The zero-order chi connectivity index (χ0) is 11.3. The number of rotatable bonds is 3. The van der Waals surface area contributed by atoms with Gasteiger partial charge in [-0.15, -0.1) is 0 Å². The van der Waals surface area contributed by atoms with E-state index in [9.17, 15) is 4.79 Å². The zero-order valence-corrected chi connectivity index (χ0v) is 9.37. The lowest BCUT2D eigenvalue weighted by molar-refractivity contribution is 0.238. The maximum atomic E-state index is 11.3. The number of hydrogen-bond donors (Lipinski definition) is 2. The molecule has 0 aliphatic heterocycles. The second-order valence-corrected chi connectivity index (χ2v) is 3.75. The van der Waals surface area contributed by atoms with Crippen molar-refractivity contribution in [1.82, 2.24) is 15.6 Å². The van der Waals surface area contributed by atoms with Gasteiger partial charge in [0.1, 0.15) is 0 Å². The largest absolute Gasteiger partial charge is 0.336 e. The standard InChI is InChI=1S/C11H17N3O/c1-8(2)14-11(15)13-7-10-9(3)5-4-6-12-10/h4-6,8H,7H2,1-3H3,(H2,13,14,15). The molecular weight excluding hydrogens is 190 g/mol. The number of nitrogens with zero attached hydrogens (tertiary/aromatic N) is 1. The fourth-order valence-electron chi connectivity index (χ4n) is 1.18.